The van der Waals surface area contributed by atoms with E-state index in [0.717, 1.165) is 12.6 Å². The first-order valence-corrected chi connectivity index (χ1v) is 9.21. The zero-order valence-electron chi connectivity index (χ0n) is 12.7. The first kappa shape index (κ1) is 14.6. The van der Waals surface area contributed by atoms with Crippen LogP contribution in [0.25, 0.3) is 0 Å². The standard InChI is InChI=1S/C17H28N2S/c1-2-18-13-17(8-3-4-9-17)14-19(16-5-6-16)11-15-7-10-20-12-15/h7,10,12,16,18H,2-6,8-9,11,13-14H2,1H3. The predicted molar refractivity (Wildman–Crippen MR) is 87.2 cm³/mol. The highest BCUT2D eigenvalue weighted by Crippen LogP contribution is 2.41. The highest BCUT2D eigenvalue weighted by atomic mass is 32.1. The summed E-state index contributed by atoms with van der Waals surface area (Å²) in [5, 5.41) is 8.16. The van der Waals surface area contributed by atoms with Crippen molar-refractivity contribution in [1.82, 2.24) is 10.2 Å². The summed E-state index contributed by atoms with van der Waals surface area (Å²) in [7, 11) is 0. The molecule has 1 aromatic heterocycles. The van der Waals surface area contributed by atoms with Crippen molar-refractivity contribution >= 4 is 11.3 Å². The molecule has 1 N–H and O–H groups in total. The lowest BCUT2D eigenvalue weighted by atomic mass is 9.85. The van der Waals surface area contributed by atoms with Crippen LogP contribution in [0.2, 0.25) is 0 Å². The number of thiophene rings is 1. The Labute approximate surface area is 127 Å². The third-order valence-corrected chi connectivity index (χ3v) is 5.71. The maximum Gasteiger partial charge on any atom is 0.0245 e. The fraction of sp³-hybridized carbons (Fsp3) is 0.765. The molecule has 2 aliphatic carbocycles. The van der Waals surface area contributed by atoms with Crippen molar-refractivity contribution in [3.8, 4) is 0 Å². The summed E-state index contributed by atoms with van der Waals surface area (Å²) >= 11 is 1.83. The monoisotopic (exact) mass is 292 g/mol. The van der Waals surface area contributed by atoms with Crippen molar-refractivity contribution in [3.63, 3.8) is 0 Å². The van der Waals surface area contributed by atoms with Crippen LogP contribution in [0.15, 0.2) is 16.8 Å². The number of hydrogen-bond acceptors (Lipinski definition) is 3. The first-order chi connectivity index (χ1) is 9.81. The zero-order chi connectivity index (χ0) is 13.8. The van der Waals surface area contributed by atoms with Crippen molar-refractivity contribution < 1.29 is 0 Å². The highest BCUT2D eigenvalue weighted by molar-refractivity contribution is 7.07. The second kappa shape index (κ2) is 6.59. The Hall–Kier alpha value is -0.380. The Morgan fingerprint density at radius 1 is 1.35 bits per heavy atom. The summed E-state index contributed by atoms with van der Waals surface area (Å²) in [6.07, 6.45) is 8.55. The maximum absolute atomic E-state index is 3.63. The van der Waals surface area contributed by atoms with Crippen LogP contribution in [-0.2, 0) is 6.54 Å². The molecule has 2 saturated carbocycles. The molecule has 1 heterocycles. The second-order valence-corrected chi connectivity index (χ2v) is 7.54. The van der Waals surface area contributed by atoms with Crippen LogP contribution in [0.1, 0.15) is 51.0 Å². The minimum Gasteiger partial charge on any atom is -0.316 e. The highest BCUT2D eigenvalue weighted by Gasteiger charge is 2.39. The van der Waals surface area contributed by atoms with Crippen molar-refractivity contribution in [2.24, 2.45) is 5.41 Å². The molecule has 0 bridgehead atoms. The fourth-order valence-corrected chi connectivity index (χ4v) is 4.37. The Bertz CT molecular complexity index is 391. The molecule has 2 aliphatic rings. The molecule has 112 valence electrons. The molecule has 2 nitrogen and oxygen atoms in total. The normalized spacial score (nSPS) is 21.7. The van der Waals surface area contributed by atoms with E-state index in [0.29, 0.717) is 5.41 Å². The molecule has 3 heteroatoms. The van der Waals surface area contributed by atoms with E-state index < -0.39 is 0 Å². The lowest BCUT2D eigenvalue weighted by molar-refractivity contribution is 0.136. The van der Waals surface area contributed by atoms with Gasteiger partial charge >= 0.3 is 0 Å². The number of nitrogens with zero attached hydrogens (tertiary/aromatic N) is 1. The Balaban J connectivity index is 1.64. The summed E-state index contributed by atoms with van der Waals surface area (Å²) in [6.45, 7) is 7.03. The lowest BCUT2D eigenvalue weighted by Crippen LogP contribution is -2.43. The van der Waals surface area contributed by atoms with Gasteiger partial charge in [0.05, 0.1) is 0 Å². The van der Waals surface area contributed by atoms with Gasteiger partial charge < -0.3 is 5.32 Å². The summed E-state index contributed by atoms with van der Waals surface area (Å²) in [4.78, 5) is 2.78. The quantitative estimate of drug-likeness (QED) is 0.782. The molecular formula is C17H28N2S. The van der Waals surface area contributed by atoms with E-state index in [2.05, 4.69) is 34.0 Å². The van der Waals surface area contributed by atoms with Crippen LogP contribution in [-0.4, -0.2) is 30.6 Å². The van der Waals surface area contributed by atoms with Crippen LogP contribution >= 0.6 is 11.3 Å². The van der Waals surface area contributed by atoms with Crippen LogP contribution in [0.5, 0.6) is 0 Å². The van der Waals surface area contributed by atoms with Crippen LogP contribution in [0.4, 0.5) is 0 Å². The van der Waals surface area contributed by atoms with Crippen molar-refractivity contribution in [2.45, 2.75) is 58.0 Å². The SMILES string of the molecule is CCNCC1(CN(Cc2ccsc2)C2CC2)CCCC1. The molecule has 20 heavy (non-hydrogen) atoms. The molecule has 0 saturated heterocycles. The molecule has 0 atom stereocenters. The van der Waals surface area contributed by atoms with Gasteiger partial charge in [0.1, 0.15) is 0 Å². The summed E-state index contributed by atoms with van der Waals surface area (Å²) in [5.74, 6) is 0. The van der Waals surface area contributed by atoms with E-state index in [1.807, 2.05) is 11.3 Å². The van der Waals surface area contributed by atoms with E-state index >= 15 is 0 Å². The van der Waals surface area contributed by atoms with Crippen molar-refractivity contribution in [2.75, 3.05) is 19.6 Å². The van der Waals surface area contributed by atoms with Crippen LogP contribution in [0, 0.1) is 5.41 Å². The van der Waals surface area contributed by atoms with Gasteiger partial charge in [-0.25, -0.2) is 0 Å². The predicted octanol–water partition coefficient (Wildman–Crippen LogP) is 3.88. The van der Waals surface area contributed by atoms with E-state index in [4.69, 9.17) is 0 Å². The molecule has 1 aromatic rings. The average Bonchev–Trinajstić information content (AvgIpc) is 2.99. The second-order valence-electron chi connectivity index (χ2n) is 6.76. The van der Waals surface area contributed by atoms with Gasteiger partial charge in [-0.1, -0.05) is 19.8 Å². The minimum absolute atomic E-state index is 0.550. The van der Waals surface area contributed by atoms with Crippen molar-refractivity contribution in [3.05, 3.63) is 22.4 Å². The van der Waals surface area contributed by atoms with Gasteiger partial charge in [0.25, 0.3) is 0 Å². The zero-order valence-corrected chi connectivity index (χ0v) is 13.6. The molecule has 3 rings (SSSR count). The van der Waals surface area contributed by atoms with Crippen molar-refractivity contribution in [1.29, 1.82) is 0 Å². The Morgan fingerprint density at radius 2 is 2.15 bits per heavy atom. The number of nitrogens with one attached hydrogen (secondary N) is 1. The van der Waals surface area contributed by atoms with Crippen LogP contribution in [0.3, 0.4) is 0 Å². The molecular weight excluding hydrogens is 264 g/mol. The third-order valence-electron chi connectivity index (χ3n) is 4.98. The van der Waals surface area contributed by atoms with E-state index in [-0.39, 0.29) is 0 Å². The largest absolute Gasteiger partial charge is 0.316 e. The number of hydrogen-bond donors (Lipinski definition) is 1. The number of rotatable bonds is 8. The van der Waals surface area contributed by atoms with Gasteiger partial charge in [-0.15, -0.1) is 0 Å². The Kier molecular flexibility index (Phi) is 4.79. The van der Waals surface area contributed by atoms with E-state index in [1.54, 1.807) is 0 Å². The average molecular weight is 292 g/mol. The smallest absolute Gasteiger partial charge is 0.0245 e. The molecule has 0 radical (unpaired) electrons. The van der Waals surface area contributed by atoms with Gasteiger partial charge in [-0.05, 0) is 60.0 Å². The first-order valence-electron chi connectivity index (χ1n) is 8.27. The van der Waals surface area contributed by atoms with Gasteiger partial charge in [0.15, 0.2) is 0 Å². The van der Waals surface area contributed by atoms with Gasteiger partial charge in [-0.3, -0.25) is 4.90 Å². The molecule has 0 aromatic carbocycles. The Morgan fingerprint density at radius 3 is 2.75 bits per heavy atom. The fourth-order valence-electron chi connectivity index (χ4n) is 3.71. The minimum atomic E-state index is 0.550. The molecule has 0 amide bonds. The summed E-state index contributed by atoms with van der Waals surface area (Å²) in [6, 6.07) is 3.17. The van der Waals surface area contributed by atoms with Gasteiger partial charge in [0.2, 0.25) is 0 Å². The summed E-state index contributed by atoms with van der Waals surface area (Å²) < 4.78 is 0. The molecule has 0 aliphatic heterocycles. The molecule has 0 unspecified atom stereocenters. The van der Waals surface area contributed by atoms with Gasteiger partial charge in [0, 0.05) is 25.7 Å². The van der Waals surface area contributed by atoms with E-state index in [9.17, 15) is 0 Å². The molecule has 2 fully saturated rings. The topological polar surface area (TPSA) is 15.3 Å². The van der Waals surface area contributed by atoms with Gasteiger partial charge in [-0.2, -0.15) is 11.3 Å². The van der Waals surface area contributed by atoms with E-state index in [1.165, 1.54) is 63.7 Å². The summed E-state index contributed by atoms with van der Waals surface area (Å²) in [5.41, 5.74) is 2.06. The third kappa shape index (κ3) is 3.63. The van der Waals surface area contributed by atoms with Crippen LogP contribution < -0.4 is 5.32 Å². The molecule has 0 spiro atoms. The maximum atomic E-state index is 3.63. The lowest BCUT2D eigenvalue weighted by Gasteiger charge is -2.36.